The second-order valence-corrected chi connectivity index (χ2v) is 4.39. The van der Waals surface area contributed by atoms with Crippen LogP contribution in [0.3, 0.4) is 0 Å². The Bertz CT molecular complexity index is 513. The molecule has 4 heteroatoms. The second-order valence-electron chi connectivity index (χ2n) is 4.39. The predicted octanol–water partition coefficient (Wildman–Crippen LogP) is 2.57. The van der Waals surface area contributed by atoms with Gasteiger partial charge in [0.15, 0.2) is 0 Å². The number of anilines is 1. The quantitative estimate of drug-likeness (QED) is 0.869. The third kappa shape index (κ3) is 2.24. The molecule has 0 saturated heterocycles. The van der Waals surface area contributed by atoms with E-state index in [4.69, 9.17) is 10.2 Å². The fourth-order valence-corrected chi connectivity index (χ4v) is 2.18. The molecule has 2 aromatic heterocycles. The zero-order chi connectivity index (χ0) is 13.1. The molecule has 2 rings (SSSR count). The summed E-state index contributed by atoms with van der Waals surface area (Å²) in [5.41, 5.74) is 9.24. The van der Waals surface area contributed by atoms with Crippen LogP contribution in [-0.4, -0.2) is 11.5 Å². The van der Waals surface area contributed by atoms with Crippen LogP contribution in [0, 0.1) is 13.8 Å². The molecule has 0 saturated carbocycles. The predicted molar refractivity (Wildman–Crippen MR) is 72.4 cm³/mol. The molecule has 2 heterocycles. The second kappa shape index (κ2) is 5.23. The summed E-state index contributed by atoms with van der Waals surface area (Å²) in [6.45, 7) is 6.97. The van der Waals surface area contributed by atoms with Gasteiger partial charge in [0.2, 0.25) is 0 Å². The van der Waals surface area contributed by atoms with E-state index in [0.717, 1.165) is 29.0 Å². The van der Waals surface area contributed by atoms with Crippen LogP contribution in [-0.2, 0) is 0 Å². The molecule has 2 aromatic rings. The average molecular weight is 245 g/mol. The van der Waals surface area contributed by atoms with Crippen LogP contribution in [0.15, 0.2) is 29.0 Å². The van der Waals surface area contributed by atoms with Crippen molar-refractivity contribution in [2.45, 2.75) is 26.8 Å². The van der Waals surface area contributed by atoms with Gasteiger partial charge in [0, 0.05) is 11.8 Å². The highest BCUT2D eigenvalue weighted by Crippen LogP contribution is 2.30. The number of furan rings is 1. The number of nitrogens with two attached hydrogens (primary N) is 1. The van der Waals surface area contributed by atoms with E-state index in [2.05, 4.69) is 17.2 Å². The minimum atomic E-state index is -0.0429. The van der Waals surface area contributed by atoms with Crippen molar-refractivity contribution in [2.75, 3.05) is 12.3 Å². The molecule has 4 nitrogen and oxygen atoms in total. The van der Waals surface area contributed by atoms with Crippen LogP contribution < -0.4 is 11.1 Å². The number of hydrogen-bond donors (Lipinski definition) is 2. The zero-order valence-corrected chi connectivity index (χ0v) is 11.0. The minimum absolute atomic E-state index is 0.0429. The number of pyridine rings is 1. The minimum Gasteiger partial charge on any atom is -0.467 e. The smallest absolute Gasteiger partial charge is 0.128 e. The third-order valence-corrected chi connectivity index (χ3v) is 3.10. The van der Waals surface area contributed by atoms with Gasteiger partial charge in [-0.25, -0.2) is 4.98 Å². The fourth-order valence-electron chi connectivity index (χ4n) is 2.18. The van der Waals surface area contributed by atoms with Crippen LogP contribution in [0.2, 0.25) is 0 Å². The number of hydrogen-bond acceptors (Lipinski definition) is 4. The van der Waals surface area contributed by atoms with E-state index < -0.39 is 0 Å². The van der Waals surface area contributed by atoms with Gasteiger partial charge in [-0.2, -0.15) is 0 Å². The average Bonchev–Trinajstić information content (AvgIpc) is 2.74. The molecule has 0 bridgehead atoms. The maximum Gasteiger partial charge on any atom is 0.128 e. The van der Waals surface area contributed by atoms with Gasteiger partial charge in [-0.3, -0.25) is 0 Å². The molecule has 0 radical (unpaired) electrons. The molecular formula is C14H19N3O. The number of rotatable bonds is 4. The normalized spacial score (nSPS) is 12.6. The highest BCUT2D eigenvalue weighted by Gasteiger charge is 2.22. The van der Waals surface area contributed by atoms with E-state index in [-0.39, 0.29) is 6.04 Å². The fraction of sp³-hybridized carbons (Fsp3) is 0.357. The van der Waals surface area contributed by atoms with Crippen molar-refractivity contribution in [3.8, 4) is 0 Å². The van der Waals surface area contributed by atoms with Crippen molar-refractivity contribution in [1.82, 2.24) is 10.3 Å². The summed E-state index contributed by atoms with van der Waals surface area (Å²) >= 11 is 0. The molecule has 96 valence electrons. The third-order valence-electron chi connectivity index (χ3n) is 3.10. The molecule has 0 amide bonds. The molecule has 18 heavy (non-hydrogen) atoms. The zero-order valence-electron chi connectivity index (χ0n) is 11.0. The summed E-state index contributed by atoms with van der Waals surface area (Å²) in [6.07, 6.45) is 3.43. The van der Waals surface area contributed by atoms with E-state index in [1.807, 2.05) is 26.0 Å². The molecule has 0 spiro atoms. The summed E-state index contributed by atoms with van der Waals surface area (Å²) in [5.74, 6) is 1.46. The number of nitrogens with zero attached hydrogens (tertiary/aromatic N) is 1. The Hall–Kier alpha value is -1.81. The Morgan fingerprint density at radius 2 is 2.11 bits per heavy atom. The van der Waals surface area contributed by atoms with Crippen molar-refractivity contribution >= 4 is 5.82 Å². The summed E-state index contributed by atoms with van der Waals surface area (Å²) in [6, 6.07) is 3.88. The number of aryl methyl sites for hydroxylation is 2. The maximum atomic E-state index is 6.02. The SMILES string of the molecule is CCNC(c1occc1C)c1c(C)ccnc1N. The van der Waals surface area contributed by atoms with Crippen molar-refractivity contribution in [3.63, 3.8) is 0 Å². The van der Waals surface area contributed by atoms with Crippen LogP contribution in [0.25, 0.3) is 0 Å². The van der Waals surface area contributed by atoms with Gasteiger partial charge in [0.05, 0.1) is 12.3 Å². The highest BCUT2D eigenvalue weighted by atomic mass is 16.3. The Morgan fingerprint density at radius 1 is 1.33 bits per heavy atom. The summed E-state index contributed by atoms with van der Waals surface area (Å²) in [5, 5.41) is 3.41. The van der Waals surface area contributed by atoms with Crippen LogP contribution >= 0.6 is 0 Å². The van der Waals surface area contributed by atoms with Gasteiger partial charge in [-0.05, 0) is 43.7 Å². The summed E-state index contributed by atoms with van der Waals surface area (Å²) in [7, 11) is 0. The van der Waals surface area contributed by atoms with E-state index >= 15 is 0 Å². The van der Waals surface area contributed by atoms with Gasteiger partial charge in [0.1, 0.15) is 11.6 Å². The lowest BCUT2D eigenvalue weighted by Crippen LogP contribution is -2.24. The van der Waals surface area contributed by atoms with Crippen molar-refractivity contribution < 1.29 is 4.42 Å². The van der Waals surface area contributed by atoms with Crippen molar-refractivity contribution in [3.05, 3.63) is 47.0 Å². The highest BCUT2D eigenvalue weighted by molar-refractivity contribution is 5.49. The Kier molecular flexibility index (Phi) is 3.67. The van der Waals surface area contributed by atoms with Crippen LogP contribution in [0.4, 0.5) is 5.82 Å². The number of aromatic nitrogens is 1. The first-order valence-electron chi connectivity index (χ1n) is 6.13. The molecule has 3 N–H and O–H groups in total. The van der Waals surface area contributed by atoms with E-state index in [1.165, 1.54) is 0 Å². The molecule has 0 aliphatic carbocycles. The van der Waals surface area contributed by atoms with Gasteiger partial charge in [-0.15, -0.1) is 0 Å². The van der Waals surface area contributed by atoms with E-state index in [0.29, 0.717) is 5.82 Å². The lowest BCUT2D eigenvalue weighted by Gasteiger charge is -2.20. The van der Waals surface area contributed by atoms with Gasteiger partial charge >= 0.3 is 0 Å². The van der Waals surface area contributed by atoms with Gasteiger partial charge < -0.3 is 15.5 Å². The molecular weight excluding hydrogens is 226 g/mol. The van der Waals surface area contributed by atoms with Gasteiger partial charge in [0.25, 0.3) is 0 Å². The van der Waals surface area contributed by atoms with Crippen LogP contribution in [0.1, 0.15) is 35.4 Å². The molecule has 1 unspecified atom stereocenters. The first kappa shape index (κ1) is 12.6. The standard InChI is InChI=1S/C14H19N3O/c1-4-16-12(13-10(3)6-8-18-13)11-9(2)5-7-17-14(11)15/h5-8,12,16H,4H2,1-3H3,(H2,15,17). The molecule has 0 aromatic carbocycles. The molecule has 0 aliphatic rings. The Labute approximate surface area is 107 Å². The first-order valence-corrected chi connectivity index (χ1v) is 6.13. The maximum absolute atomic E-state index is 6.02. The Balaban J connectivity index is 2.52. The number of nitrogens with one attached hydrogen (secondary N) is 1. The largest absolute Gasteiger partial charge is 0.467 e. The Morgan fingerprint density at radius 3 is 2.67 bits per heavy atom. The van der Waals surface area contributed by atoms with Crippen molar-refractivity contribution in [1.29, 1.82) is 0 Å². The monoisotopic (exact) mass is 245 g/mol. The topological polar surface area (TPSA) is 64.1 Å². The van der Waals surface area contributed by atoms with Gasteiger partial charge in [-0.1, -0.05) is 6.92 Å². The van der Waals surface area contributed by atoms with E-state index in [9.17, 15) is 0 Å². The molecule has 1 atom stereocenters. The lowest BCUT2D eigenvalue weighted by atomic mass is 9.98. The number of nitrogen functional groups attached to an aromatic ring is 1. The molecule has 0 aliphatic heterocycles. The molecule has 0 fully saturated rings. The van der Waals surface area contributed by atoms with Crippen molar-refractivity contribution in [2.24, 2.45) is 0 Å². The lowest BCUT2D eigenvalue weighted by molar-refractivity contribution is 0.448. The summed E-state index contributed by atoms with van der Waals surface area (Å²) in [4.78, 5) is 4.18. The first-order chi connectivity index (χ1) is 8.65. The van der Waals surface area contributed by atoms with E-state index in [1.54, 1.807) is 12.5 Å². The summed E-state index contributed by atoms with van der Waals surface area (Å²) < 4.78 is 5.60. The van der Waals surface area contributed by atoms with Crippen LogP contribution in [0.5, 0.6) is 0 Å².